The first-order valence-corrected chi connectivity index (χ1v) is 8.26. The standard InChI is InChI=1S/C14H24N2O3S/c1-14(2,3)20(18)15-9-10-7-11-5-6-12(8-10)16(11)13(17)19-4/h9-12H,5-8H2,1-4H3/b15-9-/t10?,11-,12+,20?. The minimum atomic E-state index is -1.20. The Labute approximate surface area is 123 Å². The predicted octanol–water partition coefficient (Wildman–Crippen LogP) is 2.53. The van der Waals surface area contributed by atoms with E-state index in [0.29, 0.717) is 5.92 Å². The van der Waals surface area contributed by atoms with Crippen LogP contribution in [0.1, 0.15) is 46.5 Å². The van der Waals surface area contributed by atoms with Gasteiger partial charge in [0.2, 0.25) is 0 Å². The number of rotatable bonds is 2. The zero-order chi connectivity index (χ0) is 14.9. The van der Waals surface area contributed by atoms with E-state index in [-0.39, 0.29) is 22.9 Å². The third-order valence-corrected chi connectivity index (χ3v) is 5.41. The van der Waals surface area contributed by atoms with Crippen LogP contribution in [0.2, 0.25) is 0 Å². The minimum Gasteiger partial charge on any atom is -0.453 e. The largest absolute Gasteiger partial charge is 0.453 e. The summed E-state index contributed by atoms with van der Waals surface area (Å²) in [5.41, 5.74) is 0. The average molecular weight is 300 g/mol. The molecule has 0 spiro atoms. The number of fused-ring (bicyclic) bond motifs is 2. The Morgan fingerprint density at radius 3 is 2.30 bits per heavy atom. The normalized spacial score (nSPS) is 31.6. The minimum absolute atomic E-state index is 0.217. The Kier molecular flexibility index (Phi) is 4.52. The zero-order valence-corrected chi connectivity index (χ0v) is 13.5. The van der Waals surface area contributed by atoms with E-state index in [4.69, 9.17) is 4.74 Å². The summed E-state index contributed by atoms with van der Waals surface area (Å²) in [5.74, 6) is 0.319. The highest BCUT2D eigenvalue weighted by Gasteiger charge is 2.43. The number of hydrogen-bond acceptors (Lipinski definition) is 3. The molecule has 2 saturated heterocycles. The van der Waals surface area contributed by atoms with Crippen molar-refractivity contribution in [2.45, 2.75) is 63.3 Å². The van der Waals surface area contributed by atoms with Crippen LogP contribution in [0.15, 0.2) is 4.40 Å². The van der Waals surface area contributed by atoms with Crippen LogP contribution in [0.4, 0.5) is 4.79 Å². The zero-order valence-electron chi connectivity index (χ0n) is 12.7. The summed E-state index contributed by atoms with van der Waals surface area (Å²) in [7, 11) is 0.236. The molecule has 5 nitrogen and oxygen atoms in total. The van der Waals surface area contributed by atoms with E-state index in [2.05, 4.69) is 4.40 Å². The van der Waals surface area contributed by atoms with Crippen molar-refractivity contribution in [3.05, 3.63) is 0 Å². The number of piperidine rings is 1. The fraction of sp³-hybridized carbons (Fsp3) is 0.857. The van der Waals surface area contributed by atoms with E-state index >= 15 is 0 Å². The van der Waals surface area contributed by atoms with Gasteiger partial charge in [-0.25, -0.2) is 9.00 Å². The maximum absolute atomic E-state index is 11.9. The van der Waals surface area contributed by atoms with E-state index in [9.17, 15) is 9.00 Å². The van der Waals surface area contributed by atoms with Gasteiger partial charge in [-0.05, 0) is 52.4 Å². The monoisotopic (exact) mass is 300 g/mol. The Morgan fingerprint density at radius 2 is 1.85 bits per heavy atom. The number of nitrogens with zero attached hydrogens (tertiary/aromatic N) is 2. The van der Waals surface area contributed by atoms with Crippen LogP contribution in [0.25, 0.3) is 0 Å². The van der Waals surface area contributed by atoms with Gasteiger partial charge in [0.1, 0.15) is 11.0 Å². The summed E-state index contributed by atoms with van der Waals surface area (Å²) in [6.07, 6.45) is 5.50. The molecule has 0 N–H and O–H groups in total. The molecule has 2 heterocycles. The van der Waals surface area contributed by atoms with Crippen LogP contribution in [0.5, 0.6) is 0 Å². The highest BCUT2D eigenvalue weighted by Crippen LogP contribution is 2.38. The molecule has 20 heavy (non-hydrogen) atoms. The van der Waals surface area contributed by atoms with Gasteiger partial charge in [0.05, 0.1) is 11.9 Å². The molecule has 0 saturated carbocycles. The maximum atomic E-state index is 11.9. The van der Waals surface area contributed by atoms with Gasteiger partial charge in [-0.15, -0.1) is 0 Å². The van der Waals surface area contributed by atoms with Gasteiger partial charge in [0.15, 0.2) is 0 Å². The number of carbonyl (C=O) groups excluding carboxylic acids is 1. The molecule has 2 aliphatic rings. The molecule has 2 bridgehead atoms. The van der Waals surface area contributed by atoms with Crippen molar-refractivity contribution in [3.63, 3.8) is 0 Å². The molecule has 2 fully saturated rings. The average Bonchev–Trinajstić information content (AvgIpc) is 2.65. The van der Waals surface area contributed by atoms with E-state index in [1.807, 2.05) is 31.9 Å². The van der Waals surface area contributed by atoms with Crippen molar-refractivity contribution in [1.82, 2.24) is 4.90 Å². The molecular weight excluding hydrogens is 276 g/mol. The van der Waals surface area contributed by atoms with Gasteiger partial charge in [-0.1, -0.05) is 0 Å². The van der Waals surface area contributed by atoms with E-state index in [1.54, 1.807) is 0 Å². The second kappa shape index (κ2) is 5.84. The molecule has 0 aromatic heterocycles. The summed E-state index contributed by atoms with van der Waals surface area (Å²) in [4.78, 5) is 13.6. The molecule has 2 rings (SSSR count). The van der Waals surface area contributed by atoms with Crippen molar-refractivity contribution < 1.29 is 13.7 Å². The van der Waals surface area contributed by atoms with E-state index < -0.39 is 11.0 Å². The highest BCUT2D eigenvalue weighted by molar-refractivity contribution is 7.85. The molecule has 6 heteroatoms. The number of ether oxygens (including phenoxy) is 1. The lowest BCUT2D eigenvalue weighted by Gasteiger charge is -2.36. The van der Waals surface area contributed by atoms with Gasteiger partial charge >= 0.3 is 6.09 Å². The lowest BCUT2D eigenvalue weighted by molar-refractivity contribution is 0.0801. The first-order valence-electron chi connectivity index (χ1n) is 7.15. The summed E-state index contributed by atoms with van der Waals surface area (Å²) < 4.78 is 20.7. The number of carbonyl (C=O) groups is 1. The quantitative estimate of drug-likeness (QED) is 0.736. The van der Waals surface area contributed by atoms with E-state index in [0.717, 1.165) is 25.7 Å². The van der Waals surface area contributed by atoms with Gasteiger partial charge in [-0.3, -0.25) is 0 Å². The van der Waals surface area contributed by atoms with Crippen LogP contribution in [-0.4, -0.2) is 45.4 Å². The maximum Gasteiger partial charge on any atom is 0.409 e. The number of methoxy groups -OCH3 is 1. The fourth-order valence-corrected chi connectivity index (χ4v) is 3.64. The molecular formula is C14H24N2O3S. The fourth-order valence-electron chi connectivity index (χ4n) is 3.04. The molecule has 1 amide bonds. The molecule has 0 aliphatic carbocycles. The van der Waals surface area contributed by atoms with Crippen molar-refractivity contribution in [1.29, 1.82) is 0 Å². The third-order valence-electron chi connectivity index (χ3n) is 4.05. The van der Waals surface area contributed by atoms with Crippen LogP contribution < -0.4 is 0 Å². The highest BCUT2D eigenvalue weighted by atomic mass is 32.2. The van der Waals surface area contributed by atoms with Crippen molar-refractivity contribution in [2.75, 3.05) is 7.11 Å². The third kappa shape index (κ3) is 3.22. The van der Waals surface area contributed by atoms with Crippen LogP contribution >= 0.6 is 0 Å². The van der Waals surface area contributed by atoms with Gasteiger partial charge in [0.25, 0.3) is 0 Å². The molecule has 2 unspecified atom stereocenters. The van der Waals surface area contributed by atoms with Crippen molar-refractivity contribution in [2.24, 2.45) is 10.3 Å². The summed E-state index contributed by atoms with van der Waals surface area (Å²) in [5, 5.41) is 0. The molecule has 114 valence electrons. The molecule has 2 aliphatic heterocycles. The number of hydrogen-bond donors (Lipinski definition) is 0. The van der Waals surface area contributed by atoms with Crippen LogP contribution in [0, 0.1) is 5.92 Å². The van der Waals surface area contributed by atoms with Crippen LogP contribution in [0.3, 0.4) is 0 Å². The lowest BCUT2D eigenvalue weighted by Crippen LogP contribution is -2.46. The lowest BCUT2D eigenvalue weighted by atomic mass is 9.92. The topological polar surface area (TPSA) is 59.0 Å². The number of amides is 1. The second-order valence-corrected chi connectivity index (χ2v) is 8.54. The van der Waals surface area contributed by atoms with Gasteiger partial charge < -0.3 is 9.64 Å². The molecule has 0 aromatic rings. The SMILES string of the molecule is COC(=O)N1[C@@H]2CC[C@H]1CC(/C=N\S(=O)C(C)(C)C)C2. The molecule has 4 atom stereocenters. The Morgan fingerprint density at radius 1 is 1.30 bits per heavy atom. The summed E-state index contributed by atoms with van der Waals surface area (Å²) in [6.45, 7) is 5.76. The van der Waals surface area contributed by atoms with Crippen molar-refractivity contribution in [3.8, 4) is 0 Å². The van der Waals surface area contributed by atoms with E-state index in [1.165, 1.54) is 7.11 Å². The predicted molar refractivity (Wildman–Crippen MR) is 80.2 cm³/mol. The summed E-state index contributed by atoms with van der Waals surface area (Å²) in [6, 6.07) is 0.501. The van der Waals surface area contributed by atoms with Crippen molar-refractivity contribution >= 4 is 23.3 Å². The Bertz CT molecular complexity index is 417. The summed E-state index contributed by atoms with van der Waals surface area (Å²) >= 11 is 0. The first kappa shape index (κ1) is 15.5. The van der Waals surface area contributed by atoms with Gasteiger partial charge in [-0.2, -0.15) is 4.40 Å². The Balaban J connectivity index is 1.98. The van der Waals surface area contributed by atoms with Crippen LogP contribution in [-0.2, 0) is 15.7 Å². The smallest absolute Gasteiger partial charge is 0.409 e. The first-order chi connectivity index (χ1) is 9.32. The van der Waals surface area contributed by atoms with Gasteiger partial charge in [0, 0.05) is 18.3 Å². The second-order valence-electron chi connectivity index (χ2n) is 6.61. The Hall–Kier alpha value is -0.910. The molecule has 0 aromatic carbocycles. The molecule has 0 radical (unpaired) electrons.